The van der Waals surface area contributed by atoms with Crippen molar-refractivity contribution in [2.75, 3.05) is 10.6 Å². The van der Waals surface area contributed by atoms with Crippen molar-refractivity contribution < 1.29 is 18.8 Å². The SMILES string of the molecule is Cc1ccc(NC(=O)C(C)Sc2cccc(NC(=O)/C(=C/c3ccco3)NC(=O)c3ccccc3)c2)cc1C. The Hall–Kier alpha value is -4.56. The Morgan fingerprint density at radius 3 is 2.31 bits per heavy atom. The minimum Gasteiger partial charge on any atom is -0.465 e. The Kier molecular flexibility index (Phi) is 9.01. The molecule has 3 amide bonds. The molecular formula is C31H29N3O4S. The highest BCUT2D eigenvalue weighted by Crippen LogP contribution is 2.27. The molecule has 0 aliphatic carbocycles. The maximum Gasteiger partial charge on any atom is 0.272 e. The van der Waals surface area contributed by atoms with E-state index in [1.165, 1.54) is 24.1 Å². The van der Waals surface area contributed by atoms with Crippen LogP contribution in [0.15, 0.2) is 106 Å². The monoisotopic (exact) mass is 539 g/mol. The summed E-state index contributed by atoms with van der Waals surface area (Å²) in [5.74, 6) is -0.638. The van der Waals surface area contributed by atoms with E-state index in [1.54, 1.807) is 54.6 Å². The van der Waals surface area contributed by atoms with Crippen molar-refractivity contribution in [1.29, 1.82) is 0 Å². The molecule has 0 fully saturated rings. The lowest BCUT2D eigenvalue weighted by molar-refractivity contribution is -0.115. The summed E-state index contributed by atoms with van der Waals surface area (Å²) in [7, 11) is 0. The molecule has 1 aromatic heterocycles. The van der Waals surface area contributed by atoms with Gasteiger partial charge in [-0.25, -0.2) is 0 Å². The Balaban J connectivity index is 1.44. The quantitative estimate of drug-likeness (QED) is 0.168. The first-order valence-corrected chi connectivity index (χ1v) is 13.2. The van der Waals surface area contributed by atoms with Gasteiger partial charge < -0.3 is 20.4 Å². The average molecular weight is 540 g/mol. The number of nitrogens with one attached hydrogen (secondary N) is 3. The number of benzene rings is 3. The third-order valence-corrected chi connectivity index (χ3v) is 7.00. The number of furan rings is 1. The van der Waals surface area contributed by atoms with Crippen molar-refractivity contribution >= 4 is 46.9 Å². The van der Waals surface area contributed by atoms with Crippen LogP contribution in [0.2, 0.25) is 0 Å². The summed E-state index contributed by atoms with van der Waals surface area (Å²) in [4.78, 5) is 39.5. The van der Waals surface area contributed by atoms with Crippen LogP contribution in [0.4, 0.5) is 11.4 Å². The molecule has 0 saturated carbocycles. The van der Waals surface area contributed by atoms with Gasteiger partial charge in [0.05, 0.1) is 11.5 Å². The second-order valence-electron chi connectivity index (χ2n) is 8.92. The number of thioether (sulfide) groups is 1. The topological polar surface area (TPSA) is 100 Å². The van der Waals surface area contributed by atoms with Crippen LogP contribution in [0.5, 0.6) is 0 Å². The summed E-state index contributed by atoms with van der Waals surface area (Å²) in [6.07, 6.45) is 2.95. The lowest BCUT2D eigenvalue weighted by Crippen LogP contribution is -2.30. The van der Waals surface area contributed by atoms with Gasteiger partial charge in [-0.1, -0.05) is 30.3 Å². The number of rotatable bonds is 9. The average Bonchev–Trinajstić information content (AvgIpc) is 3.44. The van der Waals surface area contributed by atoms with Crippen LogP contribution in [0.1, 0.15) is 34.2 Å². The number of carbonyl (C=O) groups excluding carboxylic acids is 3. The fraction of sp³-hybridized carbons (Fsp3) is 0.129. The Morgan fingerprint density at radius 2 is 1.59 bits per heavy atom. The zero-order valence-electron chi connectivity index (χ0n) is 21.9. The van der Waals surface area contributed by atoms with Gasteiger partial charge >= 0.3 is 0 Å². The Labute approximate surface area is 231 Å². The highest BCUT2D eigenvalue weighted by atomic mass is 32.2. The lowest BCUT2D eigenvalue weighted by Gasteiger charge is -2.14. The predicted molar refractivity (Wildman–Crippen MR) is 156 cm³/mol. The first-order valence-electron chi connectivity index (χ1n) is 12.4. The molecule has 0 saturated heterocycles. The molecule has 0 aliphatic heterocycles. The van der Waals surface area contributed by atoms with E-state index in [0.29, 0.717) is 17.0 Å². The second kappa shape index (κ2) is 12.8. The van der Waals surface area contributed by atoms with Gasteiger partial charge in [-0.2, -0.15) is 0 Å². The van der Waals surface area contributed by atoms with E-state index in [2.05, 4.69) is 16.0 Å². The molecule has 3 aromatic carbocycles. The van der Waals surface area contributed by atoms with Gasteiger partial charge in [-0.15, -0.1) is 11.8 Å². The van der Waals surface area contributed by atoms with E-state index < -0.39 is 11.8 Å². The molecule has 7 nitrogen and oxygen atoms in total. The van der Waals surface area contributed by atoms with Crippen molar-refractivity contribution in [2.24, 2.45) is 0 Å². The van der Waals surface area contributed by atoms with Gasteiger partial charge in [-0.3, -0.25) is 14.4 Å². The number of hydrogen-bond donors (Lipinski definition) is 3. The summed E-state index contributed by atoms with van der Waals surface area (Å²) in [6, 6.07) is 25.0. The molecule has 3 N–H and O–H groups in total. The first-order chi connectivity index (χ1) is 18.8. The molecule has 1 heterocycles. The minimum absolute atomic E-state index is 0.0259. The largest absolute Gasteiger partial charge is 0.465 e. The van der Waals surface area contributed by atoms with E-state index in [9.17, 15) is 14.4 Å². The second-order valence-corrected chi connectivity index (χ2v) is 10.3. The van der Waals surface area contributed by atoms with Gasteiger partial charge in [0.1, 0.15) is 11.5 Å². The highest BCUT2D eigenvalue weighted by Gasteiger charge is 2.18. The van der Waals surface area contributed by atoms with Crippen LogP contribution >= 0.6 is 11.8 Å². The zero-order chi connectivity index (χ0) is 27.8. The molecule has 4 aromatic rings. The standard InChI is InChI=1S/C31H29N3O4S/c1-20-14-15-25(17-21(20)2)32-29(35)22(3)39-27-13-7-11-24(18-27)33-31(37)28(19-26-12-8-16-38-26)34-30(36)23-9-5-4-6-10-23/h4-19,22H,1-3H3,(H,32,35)(H,33,37)(H,34,36)/b28-19-. The summed E-state index contributed by atoms with van der Waals surface area (Å²) in [6.45, 7) is 5.86. The minimum atomic E-state index is -0.515. The van der Waals surface area contributed by atoms with Crippen LogP contribution < -0.4 is 16.0 Å². The Bertz CT molecular complexity index is 1500. The smallest absolute Gasteiger partial charge is 0.272 e. The van der Waals surface area contributed by atoms with Gasteiger partial charge in [0.15, 0.2) is 0 Å². The lowest BCUT2D eigenvalue weighted by atomic mass is 10.1. The fourth-order valence-electron chi connectivity index (χ4n) is 3.62. The number of anilines is 2. The fourth-order valence-corrected chi connectivity index (χ4v) is 4.55. The first kappa shape index (κ1) is 27.5. The summed E-state index contributed by atoms with van der Waals surface area (Å²) >= 11 is 1.38. The molecule has 4 rings (SSSR count). The predicted octanol–water partition coefficient (Wildman–Crippen LogP) is 6.43. The van der Waals surface area contributed by atoms with Crippen molar-refractivity contribution in [3.63, 3.8) is 0 Å². The van der Waals surface area contributed by atoms with Crippen molar-refractivity contribution in [3.05, 3.63) is 119 Å². The maximum absolute atomic E-state index is 13.2. The molecule has 0 radical (unpaired) electrons. The summed E-state index contributed by atoms with van der Waals surface area (Å²) < 4.78 is 5.34. The molecule has 0 aliphatic rings. The molecule has 0 bridgehead atoms. The van der Waals surface area contributed by atoms with Crippen LogP contribution in [0.3, 0.4) is 0 Å². The number of aryl methyl sites for hydroxylation is 2. The third-order valence-electron chi connectivity index (χ3n) is 5.91. The van der Waals surface area contributed by atoms with E-state index in [-0.39, 0.29) is 16.9 Å². The molecule has 0 spiro atoms. The third kappa shape index (κ3) is 7.72. The van der Waals surface area contributed by atoms with E-state index >= 15 is 0 Å². The number of hydrogen-bond acceptors (Lipinski definition) is 5. The molecule has 198 valence electrons. The maximum atomic E-state index is 13.2. The Morgan fingerprint density at radius 1 is 0.821 bits per heavy atom. The normalized spacial score (nSPS) is 11.9. The summed E-state index contributed by atoms with van der Waals surface area (Å²) in [5.41, 5.74) is 3.99. The van der Waals surface area contributed by atoms with Crippen LogP contribution in [0.25, 0.3) is 6.08 Å². The van der Waals surface area contributed by atoms with Gasteiger partial charge in [0, 0.05) is 27.9 Å². The van der Waals surface area contributed by atoms with Crippen molar-refractivity contribution in [1.82, 2.24) is 5.32 Å². The van der Waals surface area contributed by atoms with Crippen molar-refractivity contribution in [2.45, 2.75) is 30.9 Å². The number of carbonyl (C=O) groups is 3. The van der Waals surface area contributed by atoms with Crippen molar-refractivity contribution in [3.8, 4) is 0 Å². The van der Waals surface area contributed by atoms with E-state index in [1.807, 2.05) is 51.1 Å². The van der Waals surface area contributed by atoms with Crippen LogP contribution in [-0.2, 0) is 9.59 Å². The van der Waals surface area contributed by atoms with Gasteiger partial charge in [-0.05, 0) is 86.5 Å². The van der Waals surface area contributed by atoms with E-state index in [0.717, 1.165) is 21.7 Å². The van der Waals surface area contributed by atoms with E-state index in [4.69, 9.17) is 4.42 Å². The summed E-state index contributed by atoms with van der Waals surface area (Å²) in [5, 5.41) is 8.08. The van der Waals surface area contributed by atoms with Crippen LogP contribution in [0, 0.1) is 13.8 Å². The molecular weight excluding hydrogens is 510 g/mol. The zero-order valence-corrected chi connectivity index (χ0v) is 22.7. The number of amides is 3. The molecule has 8 heteroatoms. The molecule has 39 heavy (non-hydrogen) atoms. The molecule has 1 unspecified atom stereocenters. The molecule has 1 atom stereocenters. The van der Waals surface area contributed by atoms with Gasteiger partial charge in [0.2, 0.25) is 5.91 Å². The van der Waals surface area contributed by atoms with Gasteiger partial charge in [0.25, 0.3) is 11.8 Å². The highest BCUT2D eigenvalue weighted by molar-refractivity contribution is 8.00. The van der Waals surface area contributed by atoms with Crippen LogP contribution in [-0.4, -0.2) is 23.0 Å².